The summed E-state index contributed by atoms with van der Waals surface area (Å²) in [6, 6.07) is 7.70. The molecule has 3 aromatic heterocycles. The zero-order chi connectivity index (χ0) is 29.8. The second kappa shape index (κ2) is 10.2. The van der Waals surface area contributed by atoms with Crippen molar-refractivity contribution in [2.75, 3.05) is 17.6 Å². The fourth-order valence-electron chi connectivity index (χ4n) is 6.22. The molecule has 2 saturated carbocycles. The second-order valence-electron chi connectivity index (χ2n) is 11.2. The van der Waals surface area contributed by atoms with Gasteiger partial charge in [0.05, 0.1) is 17.5 Å². The molecule has 13 heteroatoms. The van der Waals surface area contributed by atoms with Crippen LogP contribution in [0.25, 0.3) is 22.3 Å². The lowest BCUT2D eigenvalue weighted by Gasteiger charge is -2.33. The van der Waals surface area contributed by atoms with Crippen LogP contribution in [0.15, 0.2) is 54.5 Å². The molecular formula is C30H25F2N9O2. The van der Waals surface area contributed by atoms with Crippen LogP contribution in [0.3, 0.4) is 0 Å². The van der Waals surface area contributed by atoms with E-state index < -0.39 is 17.5 Å². The number of piperidine rings is 1. The number of nitrogens with zero attached hydrogens (tertiary/aromatic N) is 7. The molecule has 0 spiro atoms. The van der Waals surface area contributed by atoms with Gasteiger partial charge in [0.2, 0.25) is 0 Å². The van der Waals surface area contributed by atoms with Crippen molar-refractivity contribution in [1.82, 2.24) is 29.6 Å². The zero-order valence-electron chi connectivity index (χ0n) is 22.7. The van der Waals surface area contributed by atoms with Gasteiger partial charge >= 0.3 is 0 Å². The first-order valence-corrected chi connectivity index (χ1v) is 13.9. The summed E-state index contributed by atoms with van der Waals surface area (Å²) < 4.78 is 30.8. The van der Waals surface area contributed by atoms with Crippen LogP contribution in [0, 0.1) is 34.8 Å². The molecule has 2 aliphatic carbocycles. The Morgan fingerprint density at radius 1 is 1.09 bits per heavy atom. The molecule has 4 heterocycles. The number of nitriles is 1. The number of benzene rings is 1. The van der Waals surface area contributed by atoms with Crippen LogP contribution in [0.4, 0.5) is 20.4 Å². The van der Waals surface area contributed by atoms with Crippen molar-refractivity contribution in [2.24, 2.45) is 11.8 Å². The number of amides is 2. The predicted octanol–water partition coefficient (Wildman–Crippen LogP) is 4.02. The van der Waals surface area contributed by atoms with Crippen LogP contribution >= 0.6 is 0 Å². The molecule has 0 radical (unpaired) electrons. The number of carbonyl (C=O) groups is 2. The topological polar surface area (TPSA) is 156 Å². The summed E-state index contributed by atoms with van der Waals surface area (Å²) in [5.41, 5.74) is 7.12. The smallest absolute Gasteiger partial charge is 0.264 e. The molecular weight excluding hydrogens is 556 g/mol. The number of carbonyl (C=O) groups excluding carboxylic acids is 2. The zero-order valence-corrected chi connectivity index (χ0v) is 22.7. The molecule has 11 nitrogen and oxygen atoms in total. The van der Waals surface area contributed by atoms with Crippen LogP contribution < -0.4 is 11.1 Å². The molecule has 43 heavy (non-hydrogen) atoms. The van der Waals surface area contributed by atoms with Crippen molar-refractivity contribution in [3.8, 4) is 17.3 Å². The largest absolute Gasteiger partial charge is 0.383 e. The van der Waals surface area contributed by atoms with Crippen molar-refractivity contribution < 1.29 is 18.4 Å². The Bertz CT molecular complexity index is 1880. The maximum Gasteiger partial charge on any atom is 0.264 e. The van der Waals surface area contributed by atoms with Gasteiger partial charge in [-0.3, -0.25) is 9.59 Å². The molecule has 3 fully saturated rings. The molecule has 1 aliphatic heterocycles. The maximum absolute atomic E-state index is 15.6. The third kappa shape index (κ3) is 4.74. The molecule has 1 aromatic carbocycles. The molecule has 7 rings (SSSR count). The van der Waals surface area contributed by atoms with Crippen LogP contribution in [0.5, 0.6) is 0 Å². The second-order valence-corrected chi connectivity index (χ2v) is 11.2. The van der Waals surface area contributed by atoms with Gasteiger partial charge in [0, 0.05) is 29.9 Å². The van der Waals surface area contributed by atoms with Crippen molar-refractivity contribution in [1.29, 1.82) is 5.26 Å². The summed E-state index contributed by atoms with van der Waals surface area (Å²) in [5, 5.41) is 17.2. The van der Waals surface area contributed by atoms with Gasteiger partial charge in [-0.2, -0.15) is 10.4 Å². The summed E-state index contributed by atoms with van der Waals surface area (Å²) in [4.78, 5) is 40.3. The summed E-state index contributed by atoms with van der Waals surface area (Å²) in [7, 11) is 0. The number of halogens is 2. The normalized spacial score (nSPS) is 21.3. The average Bonchev–Trinajstić information content (AvgIpc) is 3.39. The van der Waals surface area contributed by atoms with E-state index in [1.165, 1.54) is 24.7 Å². The number of nitrogen functional groups attached to an aromatic ring is 1. The molecule has 2 bridgehead atoms. The van der Waals surface area contributed by atoms with E-state index in [1.807, 2.05) is 0 Å². The molecule has 3 N–H and O–H groups in total. The van der Waals surface area contributed by atoms with E-state index in [4.69, 9.17) is 10.8 Å². The third-order valence-corrected chi connectivity index (χ3v) is 8.37. The number of anilines is 2. The predicted molar refractivity (Wildman–Crippen MR) is 151 cm³/mol. The van der Waals surface area contributed by atoms with Crippen LogP contribution in [-0.2, 0) is 4.79 Å². The monoisotopic (exact) mass is 581 g/mol. The number of rotatable bonds is 6. The Balaban J connectivity index is 1.22. The SMILES string of the molecule is N#CC(=CC1CC1)C(=O)N1C[C@H]2CC(n3nc(-c4ccc(C(=O)Nc5cc(F)ccn5)cc4F)c4c(N)ncnc43)[C@H]1C2. The van der Waals surface area contributed by atoms with E-state index >= 15 is 4.39 Å². The van der Waals surface area contributed by atoms with E-state index in [1.54, 1.807) is 15.7 Å². The average molecular weight is 582 g/mol. The fraction of sp³-hybridized carbons (Fsp3) is 0.300. The van der Waals surface area contributed by atoms with Crippen molar-refractivity contribution in [2.45, 2.75) is 37.8 Å². The van der Waals surface area contributed by atoms with Crippen LogP contribution in [0.2, 0.25) is 0 Å². The Morgan fingerprint density at radius 3 is 2.63 bits per heavy atom. The summed E-state index contributed by atoms with van der Waals surface area (Å²) in [6.07, 6.45) is 7.77. The minimum atomic E-state index is -0.733. The van der Waals surface area contributed by atoms with Gasteiger partial charge in [0.25, 0.3) is 11.8 Å². The number of nitrogens with two attached hydrogens (primary N) is 1. The van der Waals surface area contributed by atoms with Gasteiger partial charge in [-0.15, -0.1) is 0 Å². The summed E-state index contributed by atoms with van der Waals surface area (Å²) in [5.74, 6) is -1.62. The lowest BCUT2D eigenvalue weighted by molar-refractivity contribution is -0.129. The van der Waals surface area contributed by atoms with Crippen LogP contribution in [0.1, 0.15) is 42.1 Å². The van der Waals surface area contributed by atoms with Gasteiger partial charge in [0.15, 0.2) is 5.65 Å². The molecule has 4 aromatic rings. The van der Waals surface area contributed by atoms with Crippen molar-refractivity contribution in [3.63, 3.8) is 0 Å². The van der Waals surface area contributed by atoms with E-state index in [-0.39, 0.29) is 63.9 Å². The highest BCUT2D eigenvalue weighted by atomic mass is 19.1. The number of pyridine rings is 1. The Hall–Kier alpha value is -5.25. The number of fused-ring (bicyclic) bond motifs is 3. The number of aromatic nitrogens is 5. The fourth-order valence-corrected chi connectivity index (χ4v) is 6.22. The van der Waals surface area contributed by atoms with Gasteiger partial charge in [-0.1, -0.05) is 6.08 Å². The highest BCUT2D eigenvalue weighted by Crippen LogP contribution is 2.47. The summed E-state index contributed by atoms with van der Waals surface area (Å²) in [6.45, 7) is 0.566. The summed E-state index contributed by atoms with van der Waals surface area (Å²) >= 11 is 0. The molecule has 3 atom stereocenters. The van der Waals surface area contributed by atoms with Gasteiger partial charge < -0.3 is 16.0 Å². The van der Waals surface area contributed by atoms with E-state index in [0.717, 1.165) is 43.9 Å². The first-order chi connectivity index (χ1) is 20.8. The molecule has 1 saturated heterocycles. The minimum absolute atomic E-state index is 0.00456. The Morgan fingerprint density at radius 2 is 1.91 bits per heavy atom. The van der Waals surface area contributed by atoms with Gasteiger partial charge in [0.1, 0.15) is 46.9 Å². The van der Waals surface area contributed by atoms with Gasteiger partial charge in [-0.05, 0) is 61.8 Å². The standard InChI is InChI=1S/C30H25F2N9O2/c31-19-5-6-35-24(11-19)38-29(42)17-3-4-20(21(32)10-17)26-25-27(34)36-14-37-28(25)41(39-26)23-9-16-8-22(23)40(13-16)30(43)18(12-33)7-15-1-2-15/h3-7,10-11,14-16,22-23H,1-2,8-9,13H2,(H2,34,36,37)(H,35,38,42)/t16-,22-,23?/m1/s1. The Labute approximate surface area is 244 Å². The number of nitrogens with one attached hydrogen (secondary N) is 1. The van der Waals surface area contributed by atoms with E-state index in [2.05, 4.69) is 26.3 Å². The molecule has 216 valence electrons. The van der Waals surface area contributed by atoms with E-state index in [9.17, 15) is 19.2 Å². The van der Waals surface area contributed by atoms with E-state index in [0.29, 0.717) is 17.6 Å². The first kappa shape index (κ1) is 26.6. The quantitative estimate of drug-likeness (QED) is 0.255. The minimum Gasteiger partial charge on any atom is -0.383 e. The van der Waals surface area contributed by atoms with Crippen molar-refractivity contribution >= 4 is 34.5 Å². The number of hydrogen-bond acceptors (Lipinski definition) is 8. The number of hydrogen-bond donors (Lipinski definition) is 2. The van der Waals surface area contributed by atoms with Crippen LogP contribution in [-0.4, -0.2) is 54.0 Å². The first-order valence-electron chi connectivity index (χ1n) is 13.9. The molecule has 2 amide bonds. The number of allylic oxidation sites excluding steroid dienone is 1. The van der Waals surface area contributed by atoms with Gasteiger partial charge in [-0.25, -0.2) is 28.4 Å². The van der Waals surface area contributed by atoms with Crippen molar-refractivity contribution in [3.05, 3.63) is 71.7 Å². The lowest BCUT2D eigenvalue weighted by atomic mass is 10.0. The maximum atomic E-state index is 15.6. The molecule has 1 unspecified atom stereocenters. The highest BCUT2D eigenvalue weighted by molar-refractivity contribution is 6.04. The highest BCUT2D eigenvalue weighted by Gasteiger charge is 2.49. The molecule has 3 aliphatic rings. The Kier molecular flexibility index (Phi) is 6.34. The third-order valence-electron chi connectivity index (χ3n) is 8.37. The lowest BCUT2D eigenvalue weighted by Crippen LogP contribution is -2.43. The number of likely N-dealkylation sites (tertiary alicyclic amines) is 1.